The van der Waals surface area contributed by atoms with Crippen molar-refractivity contribution in [2.24, 2.45) is 11.8 Å². The van der Waals surface area contributed by atoms with Crippen LogP contribution < -0.4 is 15.1 Å². The number of anilines is 2. The monoisotopic (exact) mass is 970 g/mol. The number of hydrogen-bond donors (Lipinski definition) is 1. The topological polar surface area (TPSA) is 133 Å². The Hall–Kier alpha value is -5.15. The normalized spacial score (nSPS) is 19.4. The van der Waals surface area contributed by atoms with Crippen LogP contribution in [0.15, 0.2) is 73.3 Å². The maximum absolute atomic E-state index is 14.6. The first-order valence-electron chi connectivity index (χ1n) is 23.3. The molecule has 0 unspecified atom stereocenters. The third-order valence-electron chi connectivity index (χ3n) is 13.4. The first kappa shape index (κ1) is 48.3. The number of amides is 1. The predicted octanol–water partition coefficient (Wildman–Crippen LogP) is 10.7. The van der Waals surface area contributed by atoms with E-state index in [1.54, 1.807) is 49.1 Å². The summed E-state index contributed by atoms with van der Waals surface area (Å²) in [6.45, 7) is 8.86. The highest BCUT2D eigenvalue weighted by molar-refractivity contribution is 6.64. The number of carbonyl (C=O) groups is 2. The highest BCUT2D eigenvalue weighted by atomic mass is 35.5. The van der Waals surface area contributed by atoms with Gasteiger partial charge in [-0.3, -0.25) is 19.6 Å². The highest BCUT2D eigenvalue weighted by Crippen LogP contribution is 2.36. The number of piperazine rings is 2. The van der Waals surface area contributed by atoms with E-state index in [1.807, 2.05) is 17.0 Å². The Bertz CT molecular complexity index is 2700. The van der Waals surface area contributed by atoms with E-state index in [-0.39, 0.29) is 23.1 Å². The molecule has 10 rings (SSSR count). The van der Waals surface area contributed by atoms with Crippen LogP contribution in [0.5, 0.6) is 0 Å². The van der Waals surface area contributed by atoms with Gasteiger partial charge >= 0.3 is 0 Å². The summed E-state index contributed by atoms with van der Waals surface area (Å²) in [6.07, 6.45) is 18.1. The summed E-state index contributed by atoms with van der Waals surface area (Å²) >= 11 is 17.1. The Morgan fingerprint density at radius 3 is 1.60 bits per heavy atom. The van der Waals surface area contributed by atoms with Crippen LogP contribution in [0.25, 0.3) is 44.1 Å². The molecule has 2 saturated heterocycles. The molecule has 0 spiro atoms. The second-order valence-electron chi connectivity index (χ2n) is 17.9. The summed E-state index contributed by atoms with van der Waals surface area (Å²) < 4.78 is 29.0. The van der Waals surface area contributed by atoms with Crippen LogP contribution in [-0.2, 0) is 9.59 Å². The summed E-state index contributed by atoms with van der Waals surface area (Å²) in [7, 11) is 0. The lowest BCUT2D eigenvalue weighted by Crippen LogP contribution is -2.55. The first-order valence-corrected chi connectivity index (χ1v) is 24.5. The van der Waals surface area contributed by atoms with Crippen molar-refractivity contribution in [2.75, 3.05) is 49.1 Å². The van der Waals surface area contributed by atoms with Gasteiger partial charge in [-0.05, 0) is 99.7 Å². The minimum atomic E-state index is -0.439. The van der Waals surface area contributed by atoms with Crippen LogP contribution in [0.4, 0.5) is 20.4 Å². The first-order chi connectivity index (χ1) is 32.5. The van der Waals surface area contributed by atoms with E-state index in [4.69, 9.17) is 34.8 Å². The number of aromatic nitrogens is 6. The van der Waals surface area contributed by atoms with Crippen LogP contribution in [0.2, 0.25) is 10.0 Å². The van der Waals surface area contributed by atoms with E-state index < -0.39 is 11.6 Å². The maximum atomic E-state index is 14.6. The van der Waals surface area contributed by atoms with Crippen molar-refractivity contribution in [1.82, 2.24) is 40.6 Å². The van der Waals surface area contributed by atoms with Crippen molar-refractivity contribution in [3.63, 3.8) is 0 Å². The number of halogens is 5. The van der Waals surface area contributed by atoms with Gasteiger partial charge in [-0.15, -0.1) is 20.4 Å². The van der Waals surface area contributed by atoms with Gasteiger partial charge < -0.3 is 20.0 Å². The number of hydrogen-bond acceptors (Lipinski definition) is 11. The molecule has 67 heavy (non-hydrogen) atoms. The van der Waals surface area contributed by atoms with E-state index in [9.17, 15) is 18.4 Å². The van der Waals surface area contributed by atoms with Crippen molar-refractivity contribution >= 4 is 79.1 Å². The summed E-state index contributed by atoms with van der Waals surface area (Å²) in [5.74, 6) is 1.31. The molecule has 0 radical (unpaired) electrons. The van der Waals surface area contributed by atoms with E-state index in [0.29, 0.717) is 70.0 Å². The molecular formula is C50H55Cl3F2N10O2. The number of nitrogens with one attached hydrogen (secondary N) is 1. The molecule has 4 aromatic heterocycles. The molecule has 12 nitrogen and oxygen atoms in total. The van der Waals surface area contributed by atoms with Crippen molar-refractivity contribution in [3.8, 4) is 22.5 Å². The fraction of sp³-hybridized carbons (Fsp3) is 0.440. The standard InChI is InChI=1S/C25H27ClFN5O.C18H17ClFN5.C7H11ClO/c1-16-15-31(25(33)17-5-3-2-4-6-17)11-12-32(16)24-21-14-28-10-9-19(21)23(29-30-24)20-8-7-18(26)13-22(20)27;1-11-9-22-6-7-25(11)18-15-10-21-5-4-13(15)17(23-24-18)14-3-2-12(19)8-16(14)20;8-7(9)6-4-2-1-3-5-6/h7-10,13-14,16-17H,2-6,11-12,15H2,1H3;2-5,8,10-11,22H,6-7,9H2,1H3;6H,1-5H2/t16-;11-;/m11./s1. The Labute approximate surface area is 404 Å². The number of rotatable bonds is 6. The molecule has 2 aromatic carbocycles. The van der Waals surface area contributed by atoms with E-state index in [1.165, 1.54) is 37.8 Å². The smallest absolute Gasteiger partial charge is 0.225 e. The lowest BCUT2D eigenvalue weighted by Gasteiger charge is -2.42. The number of benzene rings is 2. The predicted molar refractivity (Wildman–Crippen MR) is 263 cm³/mol. The molecule has 6 heterocycles. The summed E-state index contributed by atoms with van der Waals surface area (Å²) in [5.41, 5.74) is 1.70. The zero-order valence-corrected chi connectivity index (χ0v) is 40.1. The fourth-order valence-corrected chi connectivity index (χ4v) is 10.3. The van der Waals surface area contributed by atoms with Crippen molar-refractivity contribution in [2.45, 2.75) is 90.1 Å². The summed E-state index contributed by atoms with van der Waals surface area (Å²) in [6, 6.07) is 13.2. The third kappa shape index (κ3) is 11.3. The lowest BCUT2D eigenvalue weighted by molar-refractivity contribution is -0.137. The molecular weight excluding hydrogens is 917 g/mol. The highest BCUT2D eigenvalue weighted by Gasteiger charge is 2.33. The average Bonchev–Trinajstić information content (AvgIpc) is 3.35. The van der Waals surface area contributed by atoms with Gasteiger partial charge in [0.15, 0.2) is 11.6 Å². The van der Waals surface area contributed by atoms with Gasteiger partial charge in [-0.1, -0.05) is 61.7 Å². The minimum Gasteiger partial charge on any atom is -0.349 e. The van der Waals surface area contributed by atoms with Gasteiger partial charge in [0.2, 0.25) is 11.1 Å². The van der Waals surface area contributed by atoms with E-state index >= 15 is 0 Å². The minimum absolute atomic E-state index is 0.0853. The van der Waals surface area contributed by atoms with Crippen molar-refractivity contribution in [3.05, 3.63) is 95.0 Å². The zero-order chi connectivity index (χ0) is 47.0. The molecule has 0 bridgehead atoms. The van der Waals surface area contributed by atoms with Crippen LogP contribution in [0, 0.1) is 23.5 Å². The van der Waals surface area contributed by atoms with E-state index in [2.05, 4.69) is 59.3 Å². The van der Waals surface area contributed by atoms with Crippen molar-refractivity contribution in [1.29, 1.82) is 0 Å². The quantitative estimate of drug-likeness (QED) is 0.160. The summed E-state index contributed by atoms with van der Waals surface area (Å²) in [4.78, 5) is 38.6. The number of nitrogens with zero attached hydrogens (tertiary/aromatic N) is 9. The molecule has 1 N–H and O–H groups in total. The van der Waals surface area contributed by atoms with Crippen LogP contribution in [0.1, 0.15) is 78.1 Å². The van der Waals surface area contributed by atoms with Gasteiger partial charge in [-0.25, -0.2) is 8.78 Å². The summed E-state index contributed by atoms with van der Waals surface area (Å²) in [5, 5.41) is 24.9. The second kappa shape index (κ2) is 22.3. The molecule has 352 valence electrons. The van der Waals surface area contributed by atoms with Crippen molar-refractivity contribution < 1.29 is 18.4 Å². The molecule has 4 aliphatic rings. The SMILES string of the molecule is C[C@@H]1CN(C(=O)C2CCCCC2)CCN1c1nnc(-c2ccc(Cl)cc2F)c2ccncc12.C[C@@H]1CNCCN1c1nnc(-c2ccc(Cl)cc2F)c2ccncc12.O=C(Cl)C1CCCCC1. The molecule has 2 atom stereocenters. The Morgan fingerprint density at radius 1 is 0.627 bits per heavy atom. The molecule has 1 amide bonds. The van der Waals surface area contributed by atoms with Gasteiger partial charge in [-0.2, -0.15) is 0 Å². The molecule has 17 heteroatoms. The Kier molecular flexibility index (Phi) is 16.1. The number of carbonyl (C=O) groups excluding carboxylic acids is 2. The molecule has 2 saturated carbocycles. The van der Waals surface area contributed by atoms with Crippen LogP contribution in [0.3, 0.4) is 0 Å². The average molecular weight is 972 g/mol. The van der Waals surface area contributed by atoms with Gasteiger partial charge in [0, 0.05) is 131 Å². The molecule has 6 aromatic rings. The maximum Gasteiger partial charge on any atom is 0.225 e. The Morgan fingerprint density at radius 2 is 1.13 bits per heavy atom. The lowest BCUT2D eigenvalue weighted by atomic mass is 9.88. The molecule has 4 fully saturated rings. The number of fused-ring (bicyclic) bond motifs is 2. The van der Waals surface area contributed by atoms with Crippen LogP contribution >= 0.6 is 34.8 Å². The fourth-order valence-electron chi connectivity index (χ4n) is 9.72. The van der Waals surface area contributed by atoms with Gasteiger partial charge in [0.1, 0.15) is 23.0 Å². The third-order valence-corrected chi connectivity index (χ3v) is 14.1. The molecule has 2 aliphatic heterocycles. The Balaban J connectivity index is 0.000000157. The van der Waals surface area contributed by atoms with Gasteiger partial charge in [0.25, 0.3) is 0 Å². The van der Waals surface area contributed by atoms with Gasteiger partial charge in [0.05, 0.1) is 0 Å². The van der Waals surface area contributed by atoms with Crippen LogP contribution in [-0.4, -0.2) is 97.8 Å². The molecule has 2 aliphatic carbocycles. The largest absolute Gasteiger partial charge is 0.349 e. The second-order valence-corrected chi connectivity index (χ2v) is 19.1. The number of pyridine rings is 2. The zero-order valence-electron chi connectivity index (χ0n) is 37.8. The van der Waals surface area contributed by atoms with E-state index in [0.717, 1.165) is 85.5 Å².